The van der Waals surface area contributed by atoms with Crippen LogP contribution in [0.3, 0.4) is 0 Å². The van der Waals surface area contributed by atoms with Gasteiger partial charge in [-0.1, -0.05) is 0 Å². The first kappa shape index (κ1) is 21.7. The highest BCUT2D eigenvalue weighted by atomic mass is 16.5. The molecule has 2 saturated heterocycles. The van der Waals surface area contributed by atoms with Crippen molar-refractivity contribution in [3.8, 4) is 0 Å². The molecule has 1 N–H and O–H groups in total. The smallest absolute Gasteiger partial charge is 0.247 e. The molecule has 0 aromatic carbocycles. The van der Waals surface area contributed by atoms with Gasteiger partial charge in [-0.25, -0.2) is 0 Å². The quantitative estimate of drug-likeness (QED) is 0.754. The molecule has 1 aromatic rings. The summed E-state index contributed by atoms with van der Waals surface area (Å²) in [5.41, 5.74) is 1.28. The minimum Gasteiger partial charge on any atom is -0.381 e. The van der Waals surface area contributed by atoms with Crippen molar-refractivity contribution in [1.29, 1.82) is 0 Å². The molecule has 7 nitrogen and oxygen atoms in total. The van der Waals surface area contributed by atoms with E-state index in [1.54, 1.807) is 0 Å². The lowest BCUT2D eigenvalue weighted by atomic mass is 9.90. The van der Waals surface area contributed by atoms with Gasteiger partial charge >= 0.3 is 0 Å². The zero-order valence-electron chi connectivity index (χ0n) is 17.5. The summed E-state index contributed by atoms with van der Waals surface area (Å²) in [5.74, 6) is 0.642. The van der Waals surface area contributed by atoms with Crippen LogP contribution in [0.1, 0.15) is 51.0 Å². The molecule has 0 bridgehead atoms. The molecule has 2 unspecified atom stereocenters. The van der Waals surface area contributed by atoms with Crippen LogP contribution in [0, 0.1) is 5.92 Å². The summed E-state index contributed by atoms with van der Waals surface area (Å²) in [5, 5.41) is 2.82. The third kappa shape index (κ3) is 6.24. The van der Waals surface area contributed by atoms with Crippen LogP contribution in [0.4, 0.5) is 0 Å². The number of nitrogens with one attached hydrogen (secondary N) is 1. The van der Waals surface area contributed by atoms with Gasteiger partial charge in [0.25, 0.3) is 0 Å². The predicted octanol–water partition coefficient (Wildman–Crippen LogP) is 2.12. The van der Waals surface area contributed by atoms with E-state index in [1.165, 1.54) is 12.5 Å². The fraction of sp³-hybridized carbons (Fsp3) is 0.682. The van der Waals surface area contributed by atoms with Crippen molar-refractivity contribution in [2.24, 2.45) is 5.92 Å². The Labute approximate surface area is 173 Å². The molecule has 0 aliphatic carbocycles. The van der Waals surface area contributed by atoms with Crippen molar-refractivity contribution in [2.75, 3.05) is 32.9 Å². The zero-order chi connectivity index (χ0) is 20.6. The van der Waals surface area contributed by atoms with Crippen molar-refractivity contribution < 1.29 is 19.1 Å². The van der Waals surface area contributed by atoms with E-state index in [4.69, 9.17) is 9.47 Å². The lowest BCUT2D eigenvalue weighted by molar-refractivity contribution is -0.142. The van der Waals surface area contributed by atoms with Gasteiger partial charge in [0.2, 0.25) is 11.8 Å². The second kappa shape index (κ2) is 10.7. The van der Waals surface area contributed by atoms with Gasteiger partial charge in [0.1, 0.15) is 6.04 Å². The summed E-state index contributed by atoms with van der Waals surface area (Å²) >= 11 is 0. The molecular weight excluding hydrogens is 370 g/mol. The van der Waals surface area contributed by atoms with Crippen molar-refractivity contribution in [3.05, 3.63) is 30.1 Å². The van der Waals surface area contributed by atoms with E-state index in [1.807, 2.05) is 24.2 Å². The fourth-order valence-corrected chi connectivity index (χ4v) is 4.16. The highest BCUT2D eigenvalue weighted by molar-refractivity contribution is 5.87. The highest BCUT2D eigenvalue weighted by Crippen LogP contribution is 2.28. The molecule has 2 atom stereocenters. The number of amides is 2. The third-order valence-corrected chi connectivity index (χ3v) is 6.01. The number of ether oxygens (including phenoxy) is 2. The molecule has 0 radical (unpaired) electrons. The summed E-state index contributed by atoms with van der Waals surface area (Å²) in [7, 11) is 0. The van der Waals surface area contributed by atoms with Crippen LogP contribution in [0.15, 0.2) is 24.5 Å². The van der Waals surface area contributed by atoms with Crippen LogP contribution >= 0.6 is 0 Å². The molecule has 3 rings (SSSR count). The molecule has 29 heavy (non-hydrogen) atoms. The van der Waals surface area contributed by atoms with Gasteiger partial charge in [0, 0.05) is 45.6 Å². The molecule has 3 heterocycles. The van der Waals surface area contributed by atoms with Gasteiger partial charge in [-0.15, -0.1) is 0 Å². The Morgan fingerprint density at radius 2 is 1.86 bits per heavy atom. The Morgan fingerprint density at radius 1 is 1.21 bits per heavy atom. The number of pyridine rings is 1. The summed E-state index contributed by atoms with van der Waals surface area (Å²) < 4.78 is 11.4. The van der Waals surface area contributed by atoms with Crippen LogP contribution < -0.4 is 5.32 Å². The van der Waals surface area contributed by atoms with Crippen molar-refractivity contribution >= 4 is 11.8 Å². The number of carbonyl (C=O) groups excluding carboxylic acids is 2. The molecular formula is C22H33N3O4. The standard InChI is InChI=1S/C22H33N3O4/c1-16(29-15-18-7-13-28-14-8-18)21(24-17(2)26)22(27)25-11-5-20(6-12-25)19-3-9-23-10-4-19/h3-4,9-10,16,18,20-21H,5-8,11-15H2,1-2H3,(H,24,26). The predicted molar refractivity (Wildman–Crippen MR) is 109 cm³/mol. The largest absolute Gasteiger partial charge is 0.381 e. The molecule has 2 fully saturated rings. The topological polar surface area (TPSA) is 80.8 Å². The SMILES string of the molecule is CC(=O)NC(C(=O)N1CCC(c2ccncc2)CC1)C(C)OCC1CCOCC1. The lowest BCUT2D eigenvalue weighted by Crippen LogP contribution is -2.55. The van der Waals surface area contributed by atoms with Crippen molar-refractivity contribution in [2.45, 2.75) is 57.6 Å². The normalized spacial score (nSPS) is 20.8. The number of hydrogen-bond acceptors (Lipinski definition) is 5. The first-order chi connectivity index (χ1) is 14.0. The summed E-state index contributed by atoms with van der Waals surface area (Å²) in [4.78, 5) is 30.8. The lowest BCUT2D eigenvalue weighted by Gasteiger charge is -2.36. The summed E-state index contributed by atoms with van der Waals surface area (Å²) in [6, 6.07) is 3.45. The Balaban J connectivity index is 1.54. The van der Waals surface area contributed by atoms with Crippen LogP contribution in [0.25, 0.3) is 0 Å². The number of carbonyl (C=O) groups is 2. The minimum atomic E-state index is -0.648. The number of aromatic nitrogens is 1. The van der Waals surface area contributed by atoms with Crippen molar-refractivity contribution in [3.63, 3.8) is 0 Å². The third-order valence-electron chi connectivity index (χ3n) is 6.01. The molecule has 7 heteroatoms. The van der Waals surface area contributed by atoms with E-state index >= 15 is 0 Å². The summed E-state index contributed by atoms with van der Waals surface area (Å²) in [6.45, 7) is 6.83. The molecule has 2 amide bonds. The number of rotatable bonds is 7. The van der Waals surface area contributed by atoms with Crippen LogP contribution in [0.2, 0.25) is 0 Å². The zero-order valence-corrected chi connectivity index (χ0v) is 17.5. The maximum absolute atomic E-state index is 13.2. The second-order valence-electron chi connectivity index (χ2n) is 8.15. The van der Waals surface area contributed by atoms with Crippen LogP contribution in [0.5, 0.6) is 0 Å². The van der Waals surface area contributed by atoms with E-state index in [0.29, 0.717) is 31.5 Å². The van der Waals surface area contributed by atoms with Gasteiger partial charge in [-0.3, -0.25) is 14.6 Å². The van der Waals surface area contributed by atoms with Gasteiger partial charge in [-0.05, 0) is 62.1 Å². The maximum atomic E-state index is 13.2. The molecule has 0 spiro atoms. The van der Waals surface area contributed by atoms with E-state index in [2.05, 4.69) is 22.4 Å². The van der Waals surface area contributed by atoms with Crippen LogP contribution in [-0.2, 0) is 19.1 Å². The first-order valence-corrected chi connectivity index (χ1v) is 10.7. The number of nitrogens with zero attached hydrogens (tertiary/aromatic N) is 2. The van der Waals surface area contributed by atoms with E-state index in [0.717, 1.165) is 38.9 Å². The van der Waals surface area contributed by atoms with Crippen molar-refractivity contribution in [1.82, 2.24) is 15.2 Å². The van der Waals surface area contributed by atoms with E-state index in [9.17, 15) is 9.59 Å². The highest BCUT2D eigenvalue weighted by Gasteiger charge is 2.33. The minimum absolute atomic E-state index is 0.0483. The Bertz CT molecular complexity index is 655. The average molecular weight is 404 g/mol. The number of hydrogen-bond donors (Lipinski definition) is 1. The number of likely N-dealkylation sites (tertiary alicyclic amines) is 1. The van der Waals surface area contributed by atoms with Gasteiger partial charge in [0.05, 0.1) is 12.7 Å². The first-order valence-electron chi connectivity index (χ1n) is 10.7. The molecule has 2 aliphatic rings. The van der Waals surface area contributed by atoms with Gasteiger partial charge in [0.15, 0.2) is 0 Å². The molecule has 1 aromatic heterocycles. The average Bonchev–Trinajstić information content (AvgIpc) is 2.76. The molecule has 0 saturated carbocycles. The molecule has 2 aliphatic heterocycles. The monoisotopic (exact) mass is 403 g/mol. The van der Waals surface area contributed by atoms with E-state index in [-0.39, 0.29) is 17.9 Å². The maximum Gasteiger partial charge on any atom is 0.247 e. The fourth-order valence-electron chi connectivity index (χ4n) is 4.16. The summed E-state index contributed by atoms with van der Waals surface area (Å²) in [6.07, 6.45) is 7.06. The Morgan fingerprint density at radius 3 is 2.48 bits per heavy atom. The van der Waals surface area contributed by atoms with Gasteiger partial charge in [-0.2, -0.15) is 0 Å². The van der Waals surface area contributed by atoms with Crippen LogP contribution in [-0.4, -0.2) is 66.8 Å². The number of piperidine rings is 1. The molecule has 160 valence electrons. The second-order valence-corrected chi connectivity index (χ2v) is 8.15. The Hall–Kier alpha value is -1.99. The van der Waals surface area contributed by atoms with E-state index < -0.39 is 6.04 Å². The Kier molecular flexibility index (Phi) is 8.00. The van der Waals surface area contributed by atoms with Gasteiger partial charge < -0.3 is 19.7 Å².